The van der Waals surface area contributed by atoms with Crippen molar-refractivity contribution in [3.63, 3.8) is 0 Å². The van der Waals surface area contributed by atoms with Crippen molar-refractivity contribution in [3.05, 3.63) is 35.9 Å². The third-order valence-corrected chi connectivity index (χ3v) is 3.01. The number of alkyl halides is 2. The molecular weight excluding hydrogens is 313 g/mol. The lowest BCUT2D eigenvalue weighted by Gasteiger charge is -2.19. The highest BCUT2D eigenvalue weighted by Gasteiger charge is 2.12. The van der Waals surface area contributed by atoms with Crippen LogP contribution in [0.25, 0.3) is 6.08 Å². The zero-order chi connectivity index (χ0) is 15.5. The number of nitrogens with zero attached hydrogens (tertiary/aromatic N) is 1. The fourth-order valence-electron chi connectivity index (χ4n) is 1.64. The van der Waals surface area contributed by atoms with E-state index in [-0.39, 0.29) is 6.61 Å². The van der Waals surface area contributed by atoms with E-state index in [0.717, 1.165) is 11.3 Å². The number of ether oxygens (including phenoxy) is 2. The number of hydrogen-bond acceptors (Lipinski definition) is 3. The first-order valence-electron chi connectivity index (χ1n) is 6.55. The molecule has 0 aliphatic heterocycles. The van der Waals surface area contributed by atoms with Crippen LogP contribution in [-0.2, 0) is 4.74 Å². The third-order valence-electron chi connectivity index (χ3n) is 2.67. The number of hydrogen-bond donors (Lipinski definition) is 0. The first kappa shape index (κ1) is 17.7. The lowest BCUT2D eigenvalue weighted by molar-refractivity contribution is 0.117. The Labute approximate surface area is 135 Å². The second-order valence-corrected chi connectivity index (χ2v) is 4.88. The van der Waals surface area contributed by atoms with E-state index in [2.05, 4.69) is 0 Å². The molecule has 116 valence electrons. The Balaban J connectivity index is 2.43. The summed E-state index contributed by atoms with van der Waals surface area (Å²) in [6, 6.07) is 7.60. The Morgan fingerprint density at radius 3 is 2.62 bits per heavy atom. The van der Waals surface area contributed by atoms with Crippen LogP contribution in [0.2, 0.25) is 0 Å². The number of carbonyl (C=O) groups excluding carboxylic acids is 1. The number of rotatable bonds is 8. The Morgan fingerprint density at radius 2 is 2.00 bits per heavy atom. The molecular formula is C15H19Cl2NO3. The van der Waals surface area contributed by atoms with Gasteiger partial charge in [-0.05, 0) is 23.8 Å². The molecule has 1 aromatic rings. The Kier molecular flexibility index (Phi) is 8.71. The normalized spacial score (nSPS) is 10.6. The predicted molar refractivity (Wildman–Crippen MR) is 86.4 cm³/mol. The van der Waals surface area contributed by atoms with E-state index in [0.29, 0.717) is 24.8 Å². The van der Waals surface area contributed by atoms with Gasteiger partial charge in [0.15, 0.2) is 0 Å². The standard InChI is InChI=1S/C15H19Cl2NO3/c1-20-14-6-2-4-13(12-14)5-3-11-21-15(19)18(9-7-16)10-8-17/h2-6,12H,7-11H2,1H3/b5-3+. The van der Waals surface area contributed by atoms with Crippen LogP contribution in [0.4, 0.5) is 4.79 Å². The molecule has 1 aromatic carbocycles. The van der Waals surface area contributed by atoms with Crippen molar-refractivity contribution in [3.8, 4) is 5.75 Å². The van der Waals surface area contributed by atoms with Crippen molar-refractivity contribution in [2.45, 2.75) is 0 Å². The average molecular weight is 332 g/mol. The molecule has 0 spiro atoms. The molecule has 0 aliphatic rings. The Hall–Kier alpha value is -1.39. The lowest BCUT2D eigenvalue weighted by Crippen LogP contribution is -2.34. The third kappa shape index (κ3) is 6.74. The van der Waals surface area contributed by atoms with Crippen molar-refractivity contribution in [1.82, 2.24) is 4.90 Å². The van der Waals surface area contributed by atoms with Crippen molar-refractivity contribution in [1.29, 1.82) is 0 Å². The number of benzene rings is 1. The molecule has 6 heteroatoms. The molecule has 0 unspecified atom stereocenters. The van der Waals surface area contributed by atoms with Crippen LogP contribution in [0, 0.1) is 0 Å². The average Bonchev–Trinajstić information content (AvgIpc) is 2.51. The number of methoxy groups -OCH3 is 1. The van der Waals surface area contributed by atoms with Gasteiger partial charge < -0.3 is 14.4 Å². The molecule has 0 aromatic heterocycles. The molecule has 1 amide bonds. The fraction of sp³-hybridized carbons (Fsp3) is 0.400. The van der Waals surface area contributed by atoms with Crippen LogP contribution in [0.5, 0.6) is 5.75 Å². The molecule has 0 N–H and O–H groups in total. The van der Waals surface area contributed by atoms with Gasteiger partial charge in [-0.2, -0.15) is 0 Å². The number of carbonyl (C=O) groups is 1. The minimum atomic E-state index is -0.411. The highest BCUT2D eigenvalue weighted by Crippen LogP contribution is 2.13. The maximum absolute atomic E-state index is 11.8. The number of halogens is 2. The summed E-state index contributed by atoms with van der Waals surface area (Å²) in [5.41, 5.74) is 0.976. The molecule has 21 heavy (non-hydrogen) atoms. The van der Waals surface area contributed by atoms with Crippen LogP contribution >= 0.6 is 23.2 Å². The zero-order valence-electron chi connectivity index (χ0n) is 11.9. The molecule has 4 nitrogen and oxygen atoms in total. The minimum absolute atomic E-state index is 0.192. The quantitative estimate of drug-likeness (QED) is 0.683. The van der Waals surface area contributed by atoms with Gasteiger partial charge in [0.05, 0.1) is 7.11 Å². The molecule has 1 rings (SSSR count). The monoisotopic (exact) mass is 331 g/mol. The minimum Gasteiger partial charge on any atom is -0.497 e. The molecule has 0 saturated heterocycles. The SMILES string of the molecule is COc1cccc(/C=C/COC(=O)N(CCCl)CCCl)c1. The zero-order valence-corrected chi connectivity index (χ0v) is 13.4. The van der Waals surface area contributed by atoms with Crippen molar-refractivity contribution >= 4 is 35.4 Å². The van der Waals surface area contributed by atoms with Crippen molar-refractivity contribution in [2.24, 2.45) is 0 Å². The highest BCUT2D eigenvalue weighted by molar-refractivity contribution is 6.18. The van der Waals surface area contributed by atoms with Gasteiger partial charge in [0.2, 0.25) is 0 Å². The second-order valence-electron chi connectivity index (χ2n) is 4.12. The van der Waals surface area contributed by atoms with Gasteiger partial charge >= 0.3 is 6.09 Å². The summed E-state index contributed by atoms with van der Waals surface area (Å²) in [5, 5.41) is 0. The molecule has 0 heterocycles. The van der Waals surface area contributed by atoms with Gasteiger partial charge in [-0.25, -0.2) is 4.79 Å². The maximum Gasteiger partial charge on any atom is 0.410 e. The van der Waals surface area contributed by atoms with E-state index in [1.807, 2.05) is 30.3 Å². The fourth-order valence-corrected chi connectivity index (χ4v) is 2.05. The first-order valence-corrected chi connectivity index (χ1v) is 7.62. The molecule has 0 aliphatic carbocycles. The summed E-state index contributed by atoms with van der Waals surface area (Å²) in [4.78, 5) is 13.3. The maximum atomic E-state index is 11.8. The first-order chi connectivity index (χ1) is 10.2. The van der Waals surface area contributed by atoms with Crippen LogP contribution in [-0.4, -0.2) is 49.6 Å². The largest absolute Gasteiger partial charge is 0.497 e. The van der Waals surface area contributed by atoms with E-state index in [1.165, 1.54) is 4.90 Å². The van der Waals surface area contributed by atoms with E-state index in [4.69, 9.17) is 32.7 Å². The van der Waals surface area contributed by atoms with E-state index in [9.17, 15) is 4.79 Å². The van der Waals surface area contributed by atoms with Gasteiger partial charge in [0.1, 0.15) is 12.4 Å². The van der Waals surface area contributed by atoms with Gasteiger partial charge in [0, 0.05) is 24.8 Å². The van der Waals surface area contributed by atoms with Crippen molar-refractivity contribution < 1.29 is 14.3 Å². The van der Waals surface area contributed by atoms with Crippen LogP contribution < -0.4 is 4.74 Å². The van der Waals surface area contributed by atoms with E-state index >= 15 is 0 Å². The molecule has 0 fully saturated rings. The highest BCUT2D eigenvalue weighted by atomic mass is 35.5. The summed E-state index contributed by atoms with van der Waals surface area (Å²) in [6.07, 6.45) is 3.22. The molecule has 0 radical (unpaired) electrons. The molecule has 0 saturated carbocycles. The lowest BCUT2D eigenvalue weighted by atomic mass is 10.2. The molecule has 0 atom stereocenters. The van der Waals surface area contributed by atoms with Gasteiger partial charge in [-0.15, -0.1) is 23.2 Å². The predicted octanol–water partition coefficient (Wildman–Crippen LogP) is 3.62. The van der Waals surface area contributed by atoms with Crippen LogP contribution in [0.3, 0.4) is 0 Å². The Bertz CT molecular complexity index is 460. The van der Waals surface area contributed by atoms with Gasteiger partial charge in [0.25, 0.3) is 0 Å². The van der Waals surface area contributed by atoms with Crippen LogP contribution in [0.1, 0.15) is 5.56 Å². The number of amides is 1. The second kappa shape index (κ2) is 10.4. The molecule has 0 bridgehead atoms. The van der Waals surface area contributed by atoms with E-state index < -0.39 is 6.09 Å². The summed E-state index contributed by atoms with van der Waals surface area (Å²) < 4.78 is 10.3. The summed E-state index contributed by atoms with van der Waals surface area (Å²) in [5.74, 6) is 1.49. The topological polar surface area (TPSA) is 38.8 Å². The van der Waals surface area contributed by atoms with Gasteiger partial charge in [-0.1, -0.05) is 18.2 Å². The Morgan fingerprint density at radius 1 is 1.29 bits per heavy atom. The van der Waals surface area contributed by atoms with Gasteiger partial charge in [-0.3, -0.25) is 0 Å². The van der Waals surface area contributed by atoms with Crippen molar-refractivity contribution in [2.75, 3.05) is 38.6 Å². The summed E-state index contributed by atoms with van der Waals surface area (Å²) in [6.45, 7) is 1.04. The smallest absolute Gasteiger partial charge is 0.410 e. The van der Waals surface area contributed by atoms with Crippen LogP contribution in [0.15, 0.2) is 30.3 Å². The summed E-state index contributed by atoms with van der Waals surface area (Å²) >= 11 is 11.3. The van der Waals surface area contributed by atoms with E-state index in [1.54, 1.807) is 13.2 Å². The summed E-state index contributed by atoms with van der Waals surface area (Å²) in [7, 11) is 1.62.